The third-order valence-electron chi connectivity index (χ3n) is 6.46. The molecule has 5 heterocycles. The lowest BCUT2D eigenvalue weighted by Gasteiger charge is -2.33. The Balaban J connectivity index is 1.62. The summed E-state index contributed by atoms with van der Waals surface area (Å²) in [5, 5.41) is 4.16. The molecule has 1 fully saturated rings. The van der Waals surface area contributed by atoms with Crippen molar-refractivity contribution in [2.75, 3.05) is 24.6 Å². The predicted molar refractivity (Wildman–Crippen MR) is 119 cm³/mol. The van der Waals surface area contributed by atoms with Crippen molar-refractivity contribution in [1.82, 2.24) is 19.7 Å². The Labute approximate surface area is 180 Å². The van der Waals surface area contributed by atoms with Crippen molar-refractivity contribution < 1.29 is 9.26 Å². The van der Waals surface area contributed by atoms with Crippen LogP contribution in [-0.4, -0.2) is 39.4 Å². The molecule has 2 aliphatic rings. The lowest BCUT2D eigenvalue weighted by Crippen LogP contribution is -2.34. The van der Waals surface area contributed by atoms with Gasteiger partial charge in [-0.05, 0) is 57.4 Å². The first kappa shape index (κ1) is 18.4. The number of nitrogens with zero attached hydrogens (tertiary/aromatic N) is 5. The van der Waals surface area contributed by atoms with Crippen LogP contribution in [0.1, 0.15) is 42.5 Å². The Kier molecular flexibility index (Phi) is 4.23. The summed E-state index contributed by atoms with van der Waals surface area (Å²) in [6.45, 7) is 6.49. The van der Waals surface area contributed by atoms with Gasteiger partial charge < -0.3 is 14.2 Å². The Morgan fingerprint density at radius 1 is 1.03 bits per heavy atom. The monoisotopic (exact) mass is 415 g/mol. The van der Waals surface area contributed by atoms with Crippen LogP contribution in [0.2, 0.25) is 0 Å². The van der Waals surface area contributed by atoms with Gasteiger partial charge >= 0.3 is 0 Å². The zero-order valence-electron chi connectivity index (χ0n) is 17.8. The molecule has 31 heavy (non-hydrogen) atoms. The molecule has 4 aromatic rings. The van der Waals surface area contributed by atoms with Crippen LogP contribution in [-0.2, 0) is 0 Å². The van der Waals surface area contributed by atoms with E-state index in [2.05, 4.69) is 37.8 Å². The Morgan fingerprint density at radius 2 is 1.90 bits per heavy atom. The summed E-state index contributed by atoms with van der Waals surface area (Å²) in [5.41, 5.74) is 5.85. The molecule has 1 saturated heterocycles. The average molecular weight is 415 g/mol. The third kappa shape index (κ3) is 2.83. The lowest BCUT2D eigenvalue weighted by atomic mass is 10.0. The molecule has 7 heteroatoms. The van der Waals surface area contributed by atoms with E-state index in [1.54, 1.807) is 0 Å². The minimum Gasteiger partial charge on any atom is -0.488 e. The van der Waals surface area contributed by atoms with E-state index >= 15 is 0 Å². The van der Waals surface area contributed by atoms with Gasteiger partial charge in [0.15, 0.2) is 5.75 Å². The van der Waals surface area contributed by atoms with Crippen LogP contribution < -0.4 is 9.64 Å². The molecular weight excluding hydrogens is 390 g/mol. The molecule has 0 bridgehead atoms. The minimum atomic E-state index is -0.0180. The van der Waals surface area contributed by atoms with Gasteiger partial charge in [0.2, 0.25) is 5.95 Å². The standard InChI is InChI=1S/C24H25N5O2/c1-15-21(16(2)31-27-15)17-9-10-19-22-23(17)30-14-20(18-8-4-5-11-25-18)29(22)24(26-19)28-12-6-3-7-13-28/h4-5,8-11,20H,3,6-7,12-14H2,1-2H3/t20-/m1/s1. The van der Waals surface area contributed by atoms with Crippen molar-refractivity contribution in [2.24, 2.45) is 0 Å². The molecule has 6 rings (SSSR count). The number of benzene rings is 1. The largest absolute Gasteiger partial charge is 0.488 e. The Hall–Kier alpha value is -3.35. The third-order valence-corrected chi connectivity index (χ3v) is 6.46. The van der Waals surface area contributed by atoms with E-state index in [1.165, 1.54) is 19.3 Å². The number of imidazole rings is 1. The van der Waals surface area contributed by atoms with Gasteiger partial charge in [-0.3, -0.25) is 9.55 Å². The van der Waals surface area contributed by atoms with Crippen LogP contribution in [0.3, 0.4) is 0 Å². The van der Waals surface area contributed by atoms with Gasteiger partial charge in [-0.2, -0.15) is 0 Å². The molecule has 0 N–H and O–H groups in total. The number of aryl methyl sites for hydroxylation is 2. The molecule has 0 radical (unpaired) electrons. The first-order chi connectivity index (χ1) is 15.2. The van der Waals surface area contributed by atoms with Crippen LogP contribution in [0, 0.1) is 13.8 Å². The maximum Gasteiger partial charge on any atom is 0.207 e. The fraction of sp³-hybridized carbons (Fsp3) is 0.375. The molecule has 3 aromatic heterocycles. The van der Waals surface area contributed by atoms with Gasteiger partial charge in [0.05, 0.1) is 22.5 Å². The highest BCUT2D eigenvalue weighted by atomic mass is 16.5. The van der Waals surface area contributed by atoms with Gasteiger partial charge in [0.1, 0.15) is 23.9 Å². The number of ether oxygens (including phenoxy) is 1. The van der Waals surface area contributed by atoms with Crippen LogP contribution in [0.4, 0.5) is 5.95 Å². The van der Waals surface area contributed by atoms with E-state index in [0.29, 0.717) is 6.61 Å². The first-order valence-corrected chi connectivity index (χ1v) is 11.0. The highest BCUT2D eigenvalue weighted by Crippen LogP contribution is 2.45. The maximum absolute atomic E-state index is 6.44. The second-order valence-electron chi connectivity index (χ2n) is 8.42. The fourth-order valence-electron chi connectivity index (χ4n) is 5.00. The van der Waals surface area contributed by atoms with E-state index in [9.17, 15) is 0 Å². The zero-order valence-corrected chi connectivity index (χ0v) is 17.8. The molecule has 0 amide bonds. The van der Waals surface area contributed by atoms with Gasteiger partial charge in [-0.15, -0.1) is 0 Å². The van der Waals surface area contributed by atoms with E-state index in [4.69, 9.17) is 14.2 Å². The van der Waals surface area contributed by atoms with Crippen molar-refractivity contribution >= 4 is 17.0 Å². The van der Waals surface area contributed by atoms with Gasteiger partial charge in [0, 0.05) is 24.8 Å². The molecule has 2 aliphatic heterocycles. The molecular formula is C24H25N5O2. The van der Waals surface area contributed by atoms with Gasteiger partial charge in [-0.25, -0.2) is 4.98 Å². The number of hydrogen-bond donors (Lipinski definition) is 0. The predicted octanol–water partition coefficient (Wildman–Crippen LogP) is 4.68. The second kappa shape index (κ2) is 7.11. The normalized spacial score (nSPS) is 18.4. The van der Waals surface area contributed by atoms with Crippen LogP contribution in [0.15, 0.2) is 41.1 Å². The molecule has 0 aliphatic carbocycles. The lowest BCUT2D eigenvalue weighted by molar-refractivity contribution is 0.257. The number of hydrogen-bond acceptors (Lipinski definition) is 6. The smallest absolute Gasteiger partial charge is 0.207 e. The van der Waals surface area contributed by atoms with E-state index in [1.807, 2.05) is 32.2 Å². The van der Waals surface area contributed by atoms with Crippen molar-refractivity contribution in [3.05, 3.63) is 53.7 Å². The topological polar surface area (TPSA) is 69.2 Å². The number of piperidine rings is 1. The van der Waals surface area contributed by atoms with Crippen molar-refractivity contribution in [3.8, 4) is 16.9 Å². The molecule has 1 atom stereocenters. The van der Waals surface area contributed by atoms with Crippen molar-refractivity contribution in [1.29, 1.82) is 0 Å². The van der Waals surface area contributed by atoms with E-state index in [0.717, 1.165) is 64.1 Å². The summed E-state index contributed by atoms with van der Waals surface area (Å²) in [6, 6.07) is 10.2. The Morgan fingerprint density at radius 3 is 2.65 bits per heavy atom. The number of anilines is 1. The van der Waals surface area contributed by atoms with Crippen LogP contribution in [0.5, 0.6) is 5.75 Å². The van der Waals surface area contributed by atoms with Crippen LogP contribution in [0.25, 0.3) is 22.2 Å². The highest BCUT2D eigenvalue weighted by Gasteiger charge is 2.33. The van der Waals surface area contributed by atoms with E-state index < -0.39 is 0 Å². The molecule has 0 spiro atoms. The van der Waals surface area contributed by atoms with Gasteiger partial charge in [-0.1, -0.05) is 11.2 Å². The molecule has 0 unspecified atom stereocenters. The van der Waals surface area contributed by atoms with Gasteiger partial charge in [0.25, 0.3) is 0 Å². The van der Waals surface area contributed by atoms with Crippen LogP contribution >= 0.6 is 0 Å². The summed E-state index contributed by atoms with van der Waals surface area (Å²) in [5.74, 6) is 2.67. The first-order valence-electron chi connectivity index (χ1n) is 11.0. The zero-order chi connectivity index (χ0) is 20.9. The molecule has 158 valence electrons. The highest BCUT2D eigenvalue weighted by molar-refractivity contribution is 5.94. The summed E-state index contributed by atoms with van der Waals surface area (Å²) in [7, 11) is 0. The average Bonchev–Trinajstić information content (AvgIpc) is 3.37. The fourth-order valence-corrected chi connectivity index (χ4v) is 5.00. The summed E-state index contributed by atoms with van der Waals surface area (Å²) in [6.07, 6.45) is 5.53. The number of aromatic nitrogens is 4. The Bertz CT molecular complexity index is 1230. The van der Waals surface area contributed by atoms with Crippen molar-refractivity contribution in [3.63, 3.8) is 0 Å². The second-order valence-corrected chi connectivity index (χ2v) is 8.42. The van der Waals surface area contributed by atoms with Crippen molar-refractivity contribution in [2.45, 2.75) is 39.2 Å². The molecule has 1 aromatic carbocycles. The maximum atomic E-state index is 6.44. The number of pyridine rings is 1. The minimum absolute atomic E-state index is 0.0180. The number of rotatable bonds is 3. The quantitative estimate of drug-likeness (QED) is 0.484. The summed E-state index contributed by atoms with van der Waals surface area (Å²) >= 11 is 0. The summed E-state index contributed by atoms with van der Waals surface area (Å²) in [4.78, 5) is 12.2. The SMILES string of the molecule is Cc1noc(C)c1-c1ccc2nc(N3CCCCC3)n3c2c1OC[C@@H]3c1ccccn1. The van der Waals surface area contributed by atoms with E-state index in [-0.39, 0.29) is 6.04 Å². The molecule has 0 saturated carbocycles. The molecule has 7 nitrogen and oxygen atoms in total. The summed E-state index contributed by atoms with van der Waals surface area (Å²) < 4.78 is 14.2.